The largest absolute Gasteiger partial charge is 0.331 e. The molecule has 0 N–H and O–H groups in total. The summed E-state index contributed by atoms with van der Waals surface area (Å²) in [6.07, 6.45) is 2.58. The SMILES string of the molecule is CN(C)C(=O)N(C)CC#CCN1CCCC1. The Morgan fingerprint density at radius 3 is 2.38 bits per heavy atom. The van der Waals surface area contributed by atoms with Crippen molar-refractivity contribution in [1.29, 1.82) is 0 Å². The Balaban J connectivity index is 2.22. The number of carbonyl (C=O) groups is 1. The molecule has 4 heteroatoms. The van der Waals surface area contributed by atoms with Crippen molar-refractivity contribution >= 4 is 6.03 Å². The summed E-state index contributed by atoms with van der Waals surface area (Å²) in [5.41, 5.74) is 0. The molecule has 90 valence electrons. The van der Waals surface area contributed by atoms with Crippen molar-refractivity contribution in [2.45, 2.75) is 12.8 Å². The zero-order valence-electron chi connectivity index (χ0n) is 10.5. The molecule has 1 aliphatic heterocycles. The first-order valence-electron chi connectivity index (χ1n) is 5.71. The normalized spacial score (nSPS) is 15.4. The molecule has 0 atom stereocenters. The minimum absolute atomic E-state index is 0.00419. The summed E-state index contributed by atoms with van der Waals surface area (Å²) in [4.78, 5) is 17.0. The fourth-order valence-corrected chi connectivity index (χ4v) is 1.69. The molecule has 1 saturated heterocycles. The van der Waals surface area contributed by atoms with Gasteiger partial charge in [0.15, 0.2) is 0 Å². The third kappa shape index (κ3) is 4.11. The summed E-state index contributed by atoms with van der Waals surface area (Å²) in [5.74, 6) is 6.15. The van der Waals surface area contributed by atoms with Crippen LogP contribution in [0.2, 0.25) is 0 Å². The van der Waals surface area contributed by atoms with Gasteiger partial charge in [-0.15, -0.1) is 0 Å². The number of rotatable bonds is 2. The lowest BCUT2D eigenvalue weighted by atomic mass is 10.4. The standard InChI is InChI=1S/C12H21N3O/c1-13(2)12(16)14(3)8-4-5-9-15-10-6-7-11-15/h6-11H2,1-3H3. The van der Waals surface area contributed by atoms with Gasteiger partial charge in [0.25, 0.3) is 0 Å². The first kappa shape index (κ1) is 12.9. The van der Waals surface area contributed by atoms with E-state index in [1.54, 1.807) is 30.9 Å². The van der Waals surface area contributed by atoms with Crippen molar-refractivity contribution in [2.24, 2.45) is 0 Å². The highest BCUT2D eigenvalue weighted by molar-refractivity contribution is 5.73. The molecule has 1 heterocycles. The van der Waals surface area contributed by atoms with Crippen LogP contribution in [0.15, 0.2) is 0 Å². The maximum Gasteiger partial charge on any atom is 0.320 e. The predicted molar refractivity (Wildman–Crippen MR) is 65.2 cm³/mol. The lowest BCUT2D eigenvalue weighted by Gasteiger charge is -2.19. The third-order valence-corrected chi connectivity index (χ3v) is 2.65. The van der Waals surface area contributed by atoms with Crippen LogP contribution in [0.1, 0.15) is 12.8 Å². The van der Waals surface area contributed by atoms with E-state index in [1.165, 1.54) is 25.9 Å². The van der Waals surface area contributed by atoms with Crippen LogP contribution in [0.3, 0.4) is 0 Å². The number of likely N-dealkylation sites (tertiary alicyclic amines) is 1. The lowest BCUT2D eigenvalue weighted by molar-refractivity contribution is 0.187. The molecule has 2 amide bonds. The number of urea groups is 1. The van der Waals surface area contributed by atoms with Gasteiger partial charge in [0.1, 0.15) is 0 Å². The Labute approximate surface area is 98.2 Å². The Kier molecular flexibility index (Phi) is 5.13. The van der Waals surface area contributed by atoms with Crippen molar-refractivity contribution in [1.82, 2.24) is 14.7 Å². The van der Waals surface area contributed by atoms with Gasteiger partial charge in [-0.25, -0.2) is 4.79 Å². The molecule has 0 unspecified atom stereocenters. The molecule has 0 aromatic heterocycles. The average molecular weight is 223 g/mol. The van der Waals surface area contributed by atoms with E-state index in [2.05, 4.69) is 16.7 Å². The van der Waals surface area contributed by atoms with Gasteiger partial charge >= 0.3 is 6.03 Å². The molecule has 1 fully saturated rings. The van der Waals surface area contributed by atoms with Crippen LogP contribution >= 0.6 is 0 Å². The van der Waals surface area contributed by atoms with Crippen LogP contribution in [0.25, 0.3) is 0 Å². The number of carbonyl (C=O) groups excluding carboxylic acids is 1. The first-order chi connectivity index (χ1) is 7.61. The number of hydrogen-bond donors (Lipinski definition) is 0. The summed E-state index contributed by atoms with van der Waals surface area (Å²) < 4.78 is 0. The van der Waals surface area contributed by atoms with Crippen LogP contribution in [-0.2, 0) is 0 Å². The molecule has 0 saturated carbocycles. The van der Waals surface area contributed by atoms with Gasteiger partial charge < -0.3 is 9.80 Å². The molecule has 0 aromatic rings. The highest BCUT2D eigenvalue weighted by Crippen LogP contribution is 2.05. The zero-order chi connectivity index (χ0) is 12.0. The minimum atomic E-state index is -0.00419. The molecule has 1 aliphatic rings. The summed E-state index contributed by atoms with van der Waals surface area (Å²) in [7, 11) is 5.26. The third-order valence-electron chi connectivity index (χ3n) is 2.65. The fraction of sp³-hybridized carbons (Fsp3) is 0.750. The second kappa shape index (κ2) is 6.39. The number of hydrogen-bond acceptors (Lipinski definition) is 2. The van der Waals surface area contributed by atoms with Crippen LogP contribution in [0.5, 0.6) is 0 Å². The smallest absolute Gasteiger partial charge is 0.320 e. The average Bonchev–Trinajstić information content (AvgIpc) is 2.75. The minimum Gasteiger partial charge on any atom is -0.331 e. The van der Waals surface area contributed by atoms with Crippen molar-refractivity contribution < 1.29 is 4.79 Å². The van der Waals surface area contributed by atoms with Crippen molar-refractivity contribution in [2.75, 3.05) is 47.3 Å². The van der Waals surface area contributed by atoms with E-state index in [1.807, 2.05) is 0 Å². The van der Waals surface area contributed by atoms with Gasteiger partial charge in [-0.1, -0.05) is 11.8 Å². The van der Waals surface area contributed by atoms with Gasteiger partial charge in [0.05, 0.1) is 13.1 Å². The Morgan fingerprint density at radius 1 is 1.19 bits per heavy atom. The predicted octanol–water partition coefficient (Wildman–Crippen LogP) is 0.699. The molecule has 0 radical (unpaired) electrons. The lowest BCUT2D eigenvalue weighted by Crippen LogP contribution is -2.36. The van der Waals surface area contributed by atoms with E-state index < -0.39 is 0 Å². The van der Waals surface area contributed by atoms with Crippen LogP contribution in [0.4, 0.5) is 4.79 Å². The second-order valence-corrected chi connectivity index (χ2v) is 4.37. The topological polar surface area (TPSA) is 26.8 Å². The summed E-state index contributed by atoms with van der Waals surface area (Å²) in [5, 5.41) is 0. The van der Waals surface area contributed by atoms with E-state index in [4.69, 9.17) is 0 Å². The summed E-state index contributed by atoms with van der Waals surface area (Å²) >= 11 is 0. The molecule has 1 rings (SSSR count). The van der Waals surface area contributed by atoms with Crippen molar-refractivity contribution in [3.8, 4) is 11.8 Å². The molecule has 0 bridgehead atoms. The Morgan fingerprint density at radius 2 is 1.81 bits per heavy atom. The van der Waals surface area contributed by atoms with E-state index in [9.17, 15) is 4.79 Å². The molecule has 16 heavy (non-hydrogen) atoms. The van der Waals surface area contributed by atoms with Gasteiger partial charge in [-0.2, -0.15) is 0 Å². The molecule has 0 spiro atoms. The zero-order valence-corrected chi connectivity index (χ0v) is 10.5. The van der Waals surface area contributed by atoms with E-state index in [0.29, 0.717) is 6.54 Å². The highest BCUT2D eigenvalue weighted by atomic mass is 16.2. The van der Waals surface area contributed by atoms with Crippen molar-refractivity contribution in [3.63, 3.8) is 0 Å². The quantitative estimate of drug-likeness (QED) is 0.644. The maximum absolute atomic E-state index is 11.5. The van der Waals surface area contributed by atoms with Gasteiger partial charge in [-0.05, 0) is 25.9 Å². The van der Waals surface area contributed by atoms with E-state index in [-0.39, 0.29) is 6.03 Å². The molecular formula is C12H21N3O. The fourth-order valence-electron chi connectivity index (χ4n) is 1.69. The summed E-state index contributed by atoms with van der Waals surface area (Å²) in [6, 6.07) is -0.00419. The maximum atomic E-state index is 11.5. The second-order valence-electron chi connectivity index (χ2n) is 4.37. The van der Waals surface area contributed by atoms with Gasteiger partial charge in [-0.3, -0.25) is 4.90 Å². The molecule has 4 nitrogen and oxygen atoms in total. The van der Waals surface area contributed by atoms with Gasteiger partial charge in [0.2, 0.25) is 0 Å². The van der Waals surface area contributed by atoms with Crippen LogP contribution < -0.4 is 0 Å². The van der Waals surface area contributed by atoms with Gasteiger partial charge in [0, 0.05) is 21.1 Å². The van der Waals surface area contributed by atoms with Crippen LogP contribution in [0, 0.1) is 11.8 Å². The van der Waals surface area contributed by atoms with E-state index in [0.717, 1.165) is 6.54 Å². The Bertz CT molecular complexity index is 284. The molecule has 0 aliphatic carbocycles. The molecule has 0 aromatic carbocycles. The number of amides is 2. The Hall–Kier alpha value is -1.21. The van der Waals surface area contributed by atoms with Crippen LogP contribution in [-0.4, -0.2) is 68.1 Å². The van der Waals surface area contributed by atoms with Crippen molar-refractivity contribution in [3.05, 3.63) is 0 Å². The first-order valence-corrected chi connectivity index (χ1v) is 5.71. The molecular weight excluding hydrogens is 202 g/mol. The summed E-state index contributed by atoms with van der Waals surface area (Å²) in [6.45, 7) is 3.68. The monoisotopic (exact) mass is 223 g/mol. The highest BCUT2D eigenvalue weighted by Gasteiger charge is 2.09. The van der Waals surface area contributed by atoms with E-state index >= 15 is 0 Å². The number of nitrogens with zero attached hydrogens (tertiary/aromatic N) is 3.